The predicted molar refractivity (Wildman–Crippen MR) is 36.8 cm³/mol. The van der Waals surface area contributed by atoms with Crippen LogP contribution in [0.2, 0.25) is 0 Å². The van der Waals surface area contributed by atoms with E-state index in [1.54, 1.807) is 17.7 Å². The molecule has 0 nitrogen and oxygen atoms in total. The summed E-state index contributed by atoms with van der Waals surface area (Å²) in [5.41, 5.74) is -0.594. The first-order valence-electron chi connectivity index (χ1n) is 3.14. The van der Waals surface area contributed by atoms with E-state index in [1.807, 2.05) is 0 Å². The minimum absolute atomic E-state index is 0.594. The van der Waals surface area contributed by atoms with E-state index in [0.29, 0.717) is 0 Å². The summed E-state index contributed by atoms with van der Waals surface area (Å²) in [5.74, 6) is 0. The maximum atomic E-state index is 11.9. The first kappa shape index (κ1) is 8.70. The van der Waals surface area contributed by atoms with Crippen molar-refractivity contribution in [1.82, 2.24) is 0 Å². The van der Waals surface area contributed by atoms with Crippen LogP contribution >= 0.6 is 0 Å². The van der Waals surface area contributed by atoms with Gasteiger partial charge in [-0.15, -0.1) is 0 Å². The third-order valence-corrected chi connectivity index (χ3v) is 1.38. The molecule has 0 radical (unpaired) electrons. The normalized spacial score (nSPS) is 11.7. The van der Waals surface area contributed by atoms with Gasteiger partial charge in [0, 0.05) is 0 Å². The van der Waals surface area contributed by atoms with E-state index in [1.165, 1.54) is 12.1 Å². The van der Waals surface area contributed by atoms with Gasteiger partial charge in [-0.1, -0.05) is 0 Å². The zero-order valence-electron chi connectivity index (χ0n) is 5.94. The average Bonchev–Trinajstić information content (AvgIpc) is 1.86. The molecular weight excluding hydrogens is 148 g/mol. The number of hydrogen-bond acceptors (Lipinski definition) is 0. The molecule has 0 aliphatic rings. The SMILES string of the molecule is [Li][c]1ccc(C(F)(F)F)cc1. The molecule has 11 heavy (non-hydrogen) atoms. The second kappa shape index (κ2) is 2.92. The topological polar surface area (TPSA) is 0 Å². The van der Waals surface area contributed by atoms with Crippen molar-refractivity contribution in [1.29, 1.82) is 0 Å². The van der Waals surface area contributed by atoms with Crippen LogP contribution in [0, 0.1) is 0 Å². The Morgan fingerprint density at radius 3 is 1.82 bits per heavy atom. The van der Waals surface area contributed by atoms with E-state index in [-0.39, 0.29) is 0 Å². The molecule has 1 aromatic carbocycles. The van der Waals surface area contributed by atoms with Gasteiger partial charge in [0.2, 0.25) is 0 Å². The third kappa shape index (κ3) is 2.28. The van der Waals surface area contributed by atoms with Gasteiger partial charge in [-0.2, -0.15) is 0 Å². The van der Waals surface area contributed by atoms with Crippen LogP contribution in [-0.4, -0.2) is 17.7 Å². The van der Waals surface area contributed by atoms with Crippen LogP contribution < -0.4 is 4.24 Å². The number of benzene rings is 1. The standard InChI is InChI=1S/C7H4F3.Li/c8-7(9,10)6-4-2-1-3-5-6;/h2-5H;. The summed E-state index contributed by atoms with van der Waals surface area (Å²) in [7, 11) is 0. The Morgan fingerprint density at radius 1 is 1.00 bits per heavy atom. The van der Waals surface area contributed by atoms with E-state index < -0.39 is 11.7 Å². The quantitative estimate of drug-likeness (QED) is 0.494. The Kier molecular flexibility index (Phi) is 2.31. The van der Waals surface area contributed by atoms with Gasteiger partial charge in [-0.05, 0) is 0 Å². The molecule has 0 atom stereocenters. The van der Waals surface area contributed by atoms with Crippen LogP contribution in [0.1, 0.15) is 5.56 Å². The van der Waals surface area contributed by atoms with Gasteiger partial charge in [-0.25, -0.2) is 0 Å². The summed E-state index contributed by atoms with van der Waals surface area (Å²) in [6.07, 6.45) is -4.21. The average molecular weight is 152 g/mol. The van der Waals surface area contributed by atoms with Crippen molar-refractivity contribution in [3.8, 4) is 0 Å². The van der Waals surface area contributed by atoms with Gasteiger partial charge < -0.3 is 0 Å². The molecule has 0 unspecified atom stereocenters. The van der Waals surface area contributed by atoms with E-state index >= 15 is 0 Å². The van der Waals surface area contributed by atoms with Crippen LogP contribution in [-0.2, 0) is 6.18 Å². The fourth-order valence-corrected chi connectivity index (χ4v) is 0.743. The van der Waals surface area contributed by atoms with E-state index in [2.05, 4.69) is 0 Å². The molecule has 0 aliphatic heterocycles. The molecule has 0 N–H and O–H groups in total. The third-order valence-electron chi connectivity index (χ3n) is 1.38. The van der Waals surface area contributed by atoms with E-state index in [0.717, 1.165) is 16.4 Å². The molecule has 54 valence electrons. The van der Waals surface area contributed by atoms with Crippen molar-refractivity contribution < 1.29 is 13.2 Å². The predicted octanol–water partition coefficient (Wildman–Crippen LogP) is 1.50. The first-order valence-corrected chi connectivity index (χ1v) is 3.14. The molecular formula is C7H4F3Li. The molecule has 1 aromatic rings. The van der Waals surface area contributed by atoms with Crippen LogP contribution in [0.15, 0.2) is 24.3 Å². The number of hydrogen-bond donors (Lipinski definition) is 0. The van der Waals surface area contributed by atoms with E-state index in [4.69, 9.17) is 0 Å². The second-order valence-electron chi connectivity index (χ2n) is 2.36. The summed E-state index contributed by atoms with van der Waals surface area (Å²) in [4.78, 5) is 0. The summed E-state index contributed by atoms with van der Waals surface area (Å²) < 4.78 is 36.6. The van der Waals surface area contributed by atoms with Gasteiger partial charge in [0.1, 0.15) is 0 Å². The number of rotatable bonds is 0. The van der Waals surface area contributed by atoms with Crippen molar-refractivity contribution in [2.24, 2.45) is 0 Å². The zero-order chi connectivity index (χ0) is 8.48. The summed E-state index contributed by atoms with van der Waals surface area (Å²) in [5, 5.41) is 0. The molecule has 0 saturated heterocycles. The fourth-order valence-electron chi connectivity index (χ4n) is 0.743. The van der Waals surface area contributed by atoms with Gasteiger partial charge in [-0.3, -0.25) is 0 Å². The van der Waals surface area contributed by atoms with E-state index in [9.17, 15) is 13.2 Å². The molecule has 0 saturated carbocycles. The number of alkyl halides is 3. The van der Waals surface area contributed by atoms with Crippen molar-refractivity contribution >= 4 is 22.0 Å². The molecule has 1 rings (SSSR count). The molecule has 4 heteroatoms. The monoisotopic (exact) mass is 152 g/mol. The Bertz CT molecular complexity index is 237. The minimum atomic E-state index is -4.21. The molecule has 0 spiro atoms. The van der Waals surface area contributed by atoms with Crippen LogP contribution in [0.3, 0.4) is 0 Å². The Labute approximate surface area is 71.6 Å². The Hall–Kier alpha value is -0.393. The second-order valence-corrected chi connectivity index (χ2v) is 2.36. The van der Waals surface area contributed by atoms with Crippen molar-refractivity contribution in [3.05, 3.63) is 29.8 Å². The Balaban J connectivity index is 2.99. The van der Waals surface area contributed by atoms with Crippen LogP contribution in [0.5, 0.6) is 0 Å². The molecule has 0 heterocycles. The van der Waals surface area contributed by atoms with Gasteiger partial charge in [0.25, 0.3) is 0 Å². The fraction of sp³-hybridized carbons (Fsp3) is 0.143. The Morgan fingerprint density at radius 2 is 1.45 bits per heavy atom. The summed E-state index contributed by atoms with van der Waals surface area (Å²) in [6, 6.07) is 5.05. The van der Waals surface area contributed by atoms with Crippen molar-refractivity contribution in [2.75, 3.05) is 0 Å². The van der Waals surface area contributed by atoms with Gasteiger partial charge in [0.15, 0.2) is 0 Å². The molecule has 0 fully saturated rings. The van der Waals surface area contributed by atoms with Crippen LogP contribution in [0.25, 0.3) is 0 Å². The molecule has 0 aliphatic carbocycles. The van der Waals surface area contributed by atoms with Gasteiger partial charge in [0.05, 0.1) is 0 Å². The first-order chi connectivity index (χ1) is 5.00. The number of halogens is 3. The van der Waals surface area contributed by atoms with Crippen molar-refractivity contribution in [3.63, 3.8) is 0 Å². The molecule has 0 amide bonds. The van der Waals surface area contributed by atoms with Crippen LogP contribution in [0.4, 0.5) is 13.2 Å². The summed E-state index contributed by atoms with van der Waals surface area (Å²) in [6.45, 7) is 0. The zero-order valence-corrected chi connectivity index (χ0v) is 5.94. The maximum absolute atomic E-state index is 11.9. The van der Waals surface area contributed by atoms with Gasteiger partial charge >= 0.3 is 71.1 Å². The molecule has 0 aromatic heterocycles. The molecule has 0 bridgehead atoms. The van der Waals surface area contributed by atoms with Crippen molar-refractivity contribution in [2.45, 2.75) is 6.18 Å². The summed E-state index contributed by atoms with van der Waals surface area (Å²) >= 11 is 1.75.